The highest BCUT2D eigenvalue weighted by Gasteiger charge is 2.31. The van der Waals surface area contributed by atoms with Crippen LogP contribution in [-0.2, 0) is 12.7 Å². The van der Waals surface area contributed by atoms with Crippen molar-refractivity contribution in [2.24, 2.45) is 5.73 Å². The van der Waals surface area contributed by atoms with Gasteiger partial charge in [0.25, 0.3) is 0 Å². The number of amides is 1. The van der Waals surface area contributed by atoms with E-state index in [-0.39, 0.29) is 0 Å². The first-order valence-corrected chi connectivity index (χ1v) is 8.73. The van der Waals surface area contributed by atoms with Crippen LogP contribution in [0.25, 0.3) is 0 Å². The second-order valence-electron chi connectivity index (χ2n) is 6.61. The quantitative estimate of drug-likeness (QED) is 0.839. The normalized spacial score (nSPS) is 15.7. The van der Waals surface area contributed by atoms with Crippen molar-refractivity contribution in [1.29, 1.82) is 0 Å². The third-order valence-corrected chi connectivity index (χ3v) is 4.70. The Bertz CT molecular complexity index is 784. The number of benzene rings is 1. The number of pyridine rings is 1. The van der Waals surface area contributed by atoms with Gasteiger partial charge in [-0.3, -0.25) is 4.79 Å². The van der Waals surface area contributed by atoms with Gasteiger partial charge < -0.3 is 16.0 Å². The molecular weight excluding hydrogens is 357 g/mol. The van der Waals surface area contributed by atoms with Crippen LogP contribution in [0, 0.1) is 0 Å². The van der Waals surface area contributed by atoms with Gasteiger partial charge in [0.15, 0.2) is 0 Å². The standard InChI is InChI=1S/C19H21F3N4O/c20-19(21,22)15-4-5-17(25-12-15)26-8-6-16(7-9-26)24-11-13-2-1-3-14(10-13)18(23)27/h1-5,10,12,16,24H,6-9,11H2,(H2,23,27). The van der Waals surface area contributed by atoms with Gasteiger partial charge >= 0.3 is 6.18 Å². The number of carbonyl (C=O) groups is 1. The number of nitrogens with one attached hydrogen (secondary N) is 1. The molecule has 0 aliphatic carbocycles. The summed E-state index contributed by atoms with van der Waals surface area (Å²) in [5.74, 6) is 0.116. The van der Waals surface area contributed by atoms with Crippen LogP contribution in [0.2, 0.25) is 0 Å². The van der Waals surface area contributed by atoms with Crippen LogP contribution in [0.5, 0.6) is 0 Å². The number of hydrogen-bond acceptors (Lipinski definition) is 4. The van der Waals surface area contributed by atoms with Crippen LogP contribution in [0.3, 0.4) is 0 Å². The van der Waals surface area contributed by atoms with Gasteiger partial charge in [-0.05, 0) is 42.7 Å². The summed E-state index contributed by atoms with van der Waals surface area (Å²) in [5.41, 5.74) is 6.03. The number of carbonyl (C=O) groups excluding carboxylic acids is 1. The van der Waals surface area contributed by atoms with Crippen molar-refractivity contribution in [2.75, 3.05) is 18.0 Å². The van der Waals surface area contributed by atoms with Crippen molar-refractivity contribution in [3.8, 4) is 0 Å². The molecule has 8 heteroatoms. The molecule has 144 valence electrons. The van der Waals surface area contributed by atoms with E-state index in [9.17, 15) is 18.0 Å². The SMILES string of the molecule is NC(=O)c1cccc(CNC2CCN(c3ccc(C(F)(F)F)cn3)CC2)c1. The third kappa shape index (κ3) is 4.97. The van der Waals surface area contributed by atoms with Crippen molar-refractivity contribution >= 4 is 11.7 Å². The van der Waals surface area contributed by atoms with Crippen molar-refractivity contribution in [3.05, 3.63) is 59.3 Å². The van der Waals surface area contributed by atoms with Gasteiger partial charge in [0.1, 0.15) is 5.82 Å². The fraction of sp³-hybridized carbons (Fsp3) is 0.368. The summed E-state index contributed by atoms with van der Waals surface area (Å²) in [4.78, 5) is 17.2. The van der Waals surface area contributed by atoms with E-state index in [0.29, 0.717) is 24.0 Å². The molecule has 27 heavy (non-hydrogen) atoms. The number of piperidine rings is 1. The zero-order valence-corrected chi connectivity index (χ0v) is 14.7. The van der Waals surface area contributed by atoms with Gasteiger partial charge in [0, 0.05) is 37.4 Å². The van der Waals surface area contributed by atoms with Crippen molar-refractivity contribution in [3.63, 3.8) is 0 Å². The summed E-state index contributed by atoms with van der Waals surface area (Å²) >= 11 is 0. The van der Waals surface area contributed by atoms with Crippen LogP contribution in [0.1, 0.15) is 34.3 Å². The largest absolute Gasteiger partial charge is 0.417 e. The molecule has 0 bridgehead atoms. The lowest BCUT2D eigenvalue weighted by molar-refractivity contribution is -0.137. The number of hydrogen-bond donors (Lipinski definition) is 2. The number of alkyl halides is 3. The van der Waals surface area contributed by atoms with E-state index in [1.54, 1.807) is 18.2 Å². The molecule has 3 N–H and O–H groups in total. The van der Waals surface area contributed by atoms with Gasteiger partial charge in [-0.2, -0.15) is 13.2 Å². The highest BCUT2D eigenvalue weighted by molar-refractivity contribution is 5.92. The molecule has 1 amide bonds. The second kappa shape index (κ2) is 7.96. The number of aromatic nitrogens is 1. The van der Waals surface area contributed by atoms with Crippen LogP contribution >= 0.6 is 0 Å². The van der Waals surface area contributed by atoms with Crippen molar-refractivity contribution in [1.82, 2.24) is 10.3 Å². The molecule has 5 nitrogen and oxygen atoms in total. The molecule has 2 heterocycles. The lowest BCUT2D eigenvalue weighted by Gasteiger charge is -2.33. The number of anilines is 1. The topological polar surface area (TPSA) is 71.2 Å². The third-order valence-electron chi connectivity index (χ3n) is 4.70. The van der Waals surface area contributed by atoms with Gasteiger partial charge in [0.2, 0.25) is 5.91 Å². The maximum absolute atomic E-state index is 12.6. The molecular formula is C19H21F3N4O. The summed E-state index contributed by atoms with van der Waals surface area (Å²) in [6.45, 7) is 2.07. The molecule has 1 aliphatic heterocycles. The smallest absolute Gasteiger partial charge is 0.366 e. The first-order valence-electron chi connectivity index (χ1n) is 8.73. The summed E-state index contributed by atoms with van der Waals surface area (Å²) < 4.78 is 37.9. The maximum Gasteiger partial charge on any atom is 0.417 e. The Balaban J connectivity index is 1.50. The molecule has 1 saturated heterocycles. The van der Waals surface area contributed by atoms with Gasteiger partial charge in [-0.25, -0.2) is 4.98 Å². The van der Waals surface area contributed by atoms with Crippen LogP contribution in [-0.4, -0.2) is 30.0 Å². The molecule has 0 atom stereocenters. The minimum atomic E-state index is -4.37. The molecule has 2 aromatic rings. The Hall–Kier alpha value is -2.61. The fourth-order valence-corrected chi connectivity index (χ4v) is 3.15. The van der Waals surface area contributed by atoms with Gasteiger partial charge in [-0.15, -0.1) is 0 Å². The molecule has 1 aromatic heterocycles. The van der Waals surface area contributed by atoms with Crippen LogP contribution < -0.4 is 16.0 Å². The molecule has 0 saturated carbocycles. The summed E-state index contributed by atoms with van der Waals surface area (Å²) in [5, 5.41) is 3.46. The average molecular weight is 378 g/mol. The minimum Gasteiger partial charge on any atom is -0.366 e. The minimum absolute atomic E-state index is 0.299. The number of rotatable bonds is 5. The Morgan fingerprint density at radius 3 is 2.56 bits per heavy atom. The van der Waals surface area contributed by atoms with Gasteiger partial charge in [0.05, 0.1) is 5.56 Å². The Labute approximate surface area is 155 Å². The molecule has 1 fully saturated rings. The summed E-state index contributed by atoms with van der Waals surface area (Å²) in [7, 11) is 0. The zero-order valence-electron chi connectivity index (χ0n) is 14.7. The van der Waals surface area contributed by atoms with E-state index >= 15 is 0 Å². The van der Waals surface area contributed by atoms with E-state index in [0.717, 1.165) is 43.8 Å². The summed E-state index contributed by atoms with van der Waals surface area (Å²) in [6.07, 6.45) is -1.77. The van der Waals surface area contributed by atoms with E-state index in [1.807, 2.05) is 11.0 Å². The first-order chi connectivity index (χ1) is 12.8. The molecule has 1 aliphatic rings. The molecule has 0 unspecified atom stereocenters. The van der Waals surface area contributed by atoms with E-state index in [4.69, 9.17) is 5.73 Å². The average Bonchev–Trinajstić information content (AvgIpc) is 2.66. The Morgan fingerprint density at radius 1 is 1.22 bits per heavy atom. The lowest BCUT2D eigenvalue weighted by atomic mass is 10.0. The predicted octanol–water partition coefficient (Wildman–Crippen LogP) is 2.96. The highest BCUT2D eigenvalue weighted by atomic mass is 19.4. The van der Waals surface area contributed by atoms with Crippen molar-refractivity contribution in [2.45, 2.75) is 31.6 Å². The fourth-order valence-electron chi connectivity index (χ4n) is 3.15. The second-order valence-corrected chi connectivity index (χ2v) is 6.61. The maximum atomic E-state index is 12.6. The Kier molecular flexibility index (Phi) is 5.65. The summed E-state index contributed by atoms with van der Waals surface area (Å²) in [6, 6.07) is 9.98. The predicted molar refractivity (Wildman–Crippen MR) is 96.3 cm³/mol. The zero-order chi connectivity index (χ0) is 19.4. The van der Waals surface area contributed by atoms with E-state index in [1.165, 1.54) is 6.07 Å². The van der Waals surface area contributed by atoms with E-state index in [2.05, 4.69) is 10.3 Å². The monoisotopic (exact) mass is 378 g/mol. The first kappa shape index (κ1) is 19.2. The van der Waals surface area contributed by atoms with Crippen LogP contribution in [0.15, 0.2) is 42.6 Å². The number of primary amides is 1. The number of nitrogens with zero attached hydrogens (tertiary/aromatic N) is 2. The molecule has 0 radical (unpaired) electrons. The molecule has 1 aromatic carbocycles. The number of halogens is 3. The lowest BCUT2D eigenvalue weighted by Crippen LogP contribution is -2.42. The molecule has 0 spiro atoms. The number of nitrogens with two attached hydrogens (primary N) is 1. The van der Waals surface area contributed by atoms with Crippen LogP contribution in [0.4, 0.5) is 19.0 Å². The van der Waals surface area contributed by atoms with Crippen molar-refractivity contribution < 1.29 is 18.0 Å². The highest BCUT2D eigenvalue weighted by Crippen LogP contribution is 2.29. The van der Waals surface area contributed by atoms with E-state index < -0.39 is 17.6 Å². The molecule has 3 rings (SSSR count). The Morgan fingerprint density at radius 2 is 1.96 bits per heavy atom. The van der Waals surface area contributed by atoms with Gasteiger partial charge in [-0.1, -0.05) is 12.1 Å².